The van der Waals surface area contributed by atoms with E-state index in [0.29, 0.717) is 15.9 Å². The second-order valence-electron chi connectivity index (χ2n) is 6.89. The third-order valence-electron chi connectivity index (χ3n) is 4.90. The van der Waals surface area contributed by atoms with Crippen molar-refractivity contribution in [3.63, 3.8) is 0 Å². The Balaban J connectivity index is 1.82. The van der Waals surface area contributed by atoms with Gasteiger partial charge in [-0.2, -0.15) is 0 Å². The molecular formula is C22H19ClN4O4. The van der Waals surface area contributed by atoms with Crippen molar-refractivity contribution in [2.45, 2.75) is 19.5 Å². The second kappa shape index (κ2) is 8.61. The lowest BCUT2D eigenvalue weighted by Crippen LogP contribution is -2.47. The first-order valence-electron chi connectivity index (χ1n) is 9.65. The summed E-state index contributed by atoms with van der Waals surface area (Å²) in [6.07, 6.45) is 1.36. The number of fused-ring (bicyclic) bond motifs is 1. The van der Waals surface area contributed by atoms with Gasteiger partial charge in [0.15, 0.2) is 0 Å². The molecule has 1 atom stereocenters. The molecule has 0 fully saturated rings. The summed E-state index contributed by atoms with van der Waals surface area (Å²) in [5.74, 6) is -0.576. The van der Waals surface area contributed by atoms with E-state index < -0.39 is 18.0 Å². The Morgan fingerprint density at radius 1 is 1.19 bits per heavy atom. The number of allylic oxidation sites excluding steroid dienone is 1. The van der Waals surface area contributed by atoms with Crippen LogP contribution >= 0.6 is 11.6 Å². The molecule has 0 unspecified atom stereocenters. The number of carbonyl (C=O) groups excluding carboxylic acids is 2. The van der Waals surface area contributed by atoms with Crippen LogP contribution in [-0.4, -0.2) is 28.2 Å². The minimum Gasteiger partial charge on any atom is -0.463 e. The first-order valence-corrected chi connectivity index (χ1v) is 10.0. The molecule has 0 radical (unpaired) electrons. The van der Waals surface area contributed by atoms with Gasteiger partial charge >= 0.3 is 12.0 Å². The number of amides is 2. The molecule has 2 heterocycles. The Hall–Kier alpha value is -3.65. The van der Waals surface area contributed by atoms with Crippen molar-refractivity contribution in [2.75, 3.05) is 6.61 Å². The van der Waals surface area contributed by atoms with Crippen molar-refractivity contribution < 1.29 is 14.3 Å². The van der Waals surface area contributed by atoms with Crippen molar-refractivity contribution in [2.24, 2.45) is 0 Å². The molecule has 0 saturated carbocycles. The van der Waals surface area contributed by atoms with Crippen LogP contribution < -0.4 is 16.2 Å². The van der Waals surface area contributed by atoms with Crippen molar-refractivity contribution in [1.82, 2.24) is 20.2 Å². The lowest BCUT2D eigenvalue weighted by molar-refractivity contribution is -0.139. The molecule has 1 aromatic heterocycles. The van der Waals surface area contributed by atoms with Gasteiger partial charge < -0.3 is 15.4 Å². The maximum Gasteiger partial charge on any atom is 0.338 e. The van der Waals surface area contributed by atoms with E-state index in [2.05, 4.69) is 15.6 Å². The number of aromatic nitrogens is 2. The Kier molecular flexibility index (Phi) is 5.73. The number of halogens is 1. The molecular weight excluding hydrogens is 420 g/mol. The molecule has 9 heteroatoms. The number of hydrogen-bond acceptors (Lipinski definition) is 5. The van der Waals surface area contributed by atoms with E-state index in [1.807, 2.05) is 18.2 Å². The summed E-state index contributed by atoms with van der Waals surface area (Å²) in [5.41, 5.74) is 1.37. The average Bonchev–Trinajstić information content (AvgIpc) is 2.76. The number of nitrogens with zero attached hydrogens (tertiary/aromatic N) is 2. The molecule has 1 aliphatic rings. The first kappa shape index (κ1) is 20.6. The van der Waals surface area contributed by atoms with Gasteiger partial charge in [0.25, 0.3) is 5.56 Å². The number of carbonyl (C=O) groups is 2. The highest BCUT2D eigenvalue weighted by atomic mass is 35.5. The maximum atomic E-state index is 13.0. The Labute approximate surface area is 182 Å². The summed E-state index contributed by atoms with van der Waals surface area (Å²) in [4.78, 5) is 42.5. The molecule has 0 aliphatic carbocycles. The number of nitrogens with one attached hydrogen (secondary N) is 2. The standard InChI is InChI=1S/C22H19ClN4O4/c1-2-31-21(29)18-17(25-22(30)26-19(18)13-6-4-3-5-7-13)11-27-12-24-16-10-14(23)8-9-15(16)20(27)28/h3-10,12,19H,2,11H2,1H3,(H2,25,26,30)/t19-/m1/s1. The Bertz CT molecular complexity index is 1250. The molecule has 0 saturated heterocycles. The van der Waals surface area contributed by atoms with Gasteiger partial charge in [0.1, 0.15) is 0 Å². The zero-order valence-electron chi connectivity index (χ0n) is 16.6. The molecule has 0 bridgehead atoms. The predicted octanol–water partition coefficient (Wildman–Crippen LogP) is 2.92. The van der Waals surface area contributed by atoms with E-state index in [9.17, 15) is 14.4 Å². The van der Waals surface area contributed by atoms with Gasteiger partial charge in [-0.15, -0.1) is 0 Å². The molecule has 8 nitrogen and oxygen atoms in total. The zero-order valence-corrected chi connectivity index (χ0v) is 17.3. The Morgan fingerprint density at radius 2 is 1.97 bits per heavy atom. The fraction of sp³-hybridized carbons (Fsp3) is 0.182. The molecule has 3 aromatic rings. The van der Waals surface area contributed by atoms with Gasteiger partial charge in [-0.1, -0.05) is 41.9 Å². The SMILES string of the molecule is CCOC(=O)C1=C(Cn2cnc3cc(Cl)ccc3c2=O)NC(=O)N[C@@H]1c1ccccc1. The highest BCUT2D eigenvalue weighted by molar-refractivity contribution is 6.31. The van der Waals surface area contributed by atoms with E-state index in [1.54, 1.807) is 37.3 Å². The van der Waals surface area contributed by atoms with Gasteiger partial charge in [-0.05, 0) is 30.7 Å². The second-order valence-corrected chi connectivity index (χ2v) is 7.33. The van der Waals surface area contributed by atoms with Crippen LogP contribution in [0.5, 0.6) is 0 Å². The molecule has 0 spiro atoms. The van der Waals surface area contributed by atoms with Crippen LogP contribution in [0.3, 0.4) is 0 Å². The zero-order chi connectivity index (χ0) is 22.0. The van der Waals surface area contributed by atoms with Gasteiger partial charge in [-0.25, -0.2) is 14.6 Å². The van der Waals surface area contributed by atoms with Gasteiger partial charge in [0.2, 0.25) is 0 Å². The van der Waals surface area contributed by atoms with E-state index in [-0.39, 0.29) is 30.0 Å². The van der Waals surface area contributed by atoms with Crippen LogP contribution in [0.15, 0.2) is 70.9 Å². The number of hydrogen-bond donors (Lipinski definition) is 2. The topological polar surface area (TPSA) is 102 Å². The largest absolute Gasteiger partial charge is 0.463 e. The smallest absolute Gasteiger partial charge is 0.338 e. The first-order chi connectivity index (χ1) is 15.0. The molecule has 2 N–H and O–H groups in total. The molecule has 31 heavy (non-hydrogen) atoms. The molecule has 2 amide bonds. The fourth-order valence-electron chi connectivity index (χ4n) is 3.50. The number of urea groups is 1. The monoisotopic (exact) mass is 438 g/mol. The quantitative estimate of drug-likeness (QED) is 0.596. The fourth-order valence-corrected chi connectivity index (χ4v) is 3.67. The van der Waals surface area contributed by atoms with E-state index in [0.717, 1.165) is 5.56 Å². The molecule has 4 rings (SSSR count). The minimum absolute atomic E-state index is 0.0602. The van der Waals surface area contributed by atoms with Crippen LogP contribution in [0.2, 0.25) is 5.02 Å². The summed E-state index contributed by atoms with van der Waals surface area (Å²) in [6.45, 7) is 1.81. The number of esters is 1. The van der Waals surface area contributed by atoms with E-state index >= 15 is 0 Å². The summed E-state index contributed by atoms with van der Waals surface area (Å²) in [7, 11) is 0. The van der Waals surface area contributed by atoms with Crippen molar-refractivity contribution in [3.8, 4) is 0 Å². The minimum atomic E-state index is -0.716. The molecule has 158 valence electrons. The molecule has 2 aromatic carbocycles. The summed E-state index contributed by atoms with van der Waals surface area (Å²) < 4.78 is 6.58. The highest BCUT2D eigenvalue weighted by Gasteiger charge is 2.33. The third-order valence-corrected chi connectivity index (χ3v) is 5.13. The van der Waals surface area contributed by atoms with Gasteiger partial charge in [0, 0.05) is 5.02 Å². The van der Waals surface area contributed by atoms with Crippen LogP contribution in [0.4, 0.5) is 4.79 Å². The van der Waals surface area contributed by atoms with Gasteiger partial charge in [-0.3, -0.25) is 9.36 Å². The van der Waals surface area contributed by atoms with E-state index in [4.69, 9.17) is 16.3 Å². The predicted molar refractivity (Wildman–Crippen MR) is 116 cm³/mol. The summed E-state index contributed by atoms with van der Waals surface area (Å²) >= 11 is 5.98. The van der Waals surface area contributed by atoms with E-state index in [1.165, 1.54) is 10.9 Å². The highest BCUT2D eigenvalue weighted by Crippen LogP contribution is 2.28. The van der Waals surface area contributed by atoms with Crippen LogP contribution in [0.1, 0.15) is 18.5 Å². The van der Waals surface area contributed by atoms with Crippen LogP contribution in [0, 0.1) is 0 Å². The molecule has 1 aliphatic heterocycles. The number of ether oxygens (including phenoxy) is 1. The summed E-state index contributed by atoms with van der Waals surface area (Å²) in [6, 6.07) is 12.7. The summed E-state index contributed by atoms with van der Waals surface area (Å²) in [5, 5.41) is 6.27. The maximum absolute atomic E-state index is 13.0. The van der Waals surface area contributed by atoms with Crippen LogP contribution in [0.25, 0.3) is 10.9 Å². The van der Waals surface area contributed by atoms with Crippen molar-refractivity contribution in [3.05, 3.63) is 87.1 Å². The third kappa shape index (κ3) is 4.15. The van der Waals surface area contributed by atoms with Crippen molar-refractivity contribution >= 4 is 34.5 Å². The van der Waals surface area contributed by atoms with Crippen LogP contribution in [-0.2, 0) is 16.1 Å². The lowest BCUT2D eigenvalue weighted by atomic mass is 9.95. The van der Waals surface area contributed by atoms with Gasteiger partial charge in [0.05, 0.1) is 47.7 Å². The number of rotatable bonds is 5. The average molecular weight is 439 g/mol. The van der Waals surface area contributed by atoms with Crippen molar-refractivity contribution in [1.29, 1.82) is 0 Å². The Morgan fingerprint density at radius 3 is 2.71 bits per heavy atom. The normalized spacial score (nSPS) is 16.1. The lowest BCUT2D eigenvalue weighted by Gasteiger charge is -2.29. The number of benzene rings is 2.